The third-order valence-corrected chi connectivity index (χ3v) is 5.52. The molecule has 1 aromatic carbocycles. The molecule has 2 heterocycles. The summed E-state index contributed by atoms with van der Waals surface area (Å²) in [5.41, 5.74) is 5.40. The van der Waals surface area contributed by atoms with Gasteiger partial charge in [-0.15, -0.1) is 23.7 Å². The van der Waals surface area contributed by atoms with Crippen molar-refractivity contribution in [3.63, 3.8) is 0 Å². The van der Waals surface area contributed by atoms with Crippen LogP contribution in [0.3, 0.4) is 0 Å². The minimum absolute atomic E-state index is 0. The standard InChI is InChI=1S/C18H23NOS.ClH/c1-12-9-16(10-13(2)14(12)3)20-17-5-7-19(4)11-15-6-8-21-18(15)17;/h6,8-10,17H,5,7,11H2,1-4H3;1H. The van der Waals surface area contributed by atoms with Crippen molar-refractivity contribution in [3.8, 4) is 5.75 Å². The van der Waals surface area contributed by atoms with E-state index in [9.17, 15) is 0 Å². The smallest absolute Gasteiger partial charge is 0.134 e. The first-order chi connectivity index (χ1) is 10.0. The molecule has 1 aromatic heterocycles. The molecule has 1 aliphatic heterocycles. The van der Waals surface area contributed by atoms with Gasteiger partial charge >= 0.3 is 0 Å². The SMILES string of the molecule is Cc1cc(OC2CCN(C)Cc3ccsc32)cc(C)c1C.Cl. The van der Waals surface area contributed by atoms with Crippen LogP contribution in [-0.2, 0) is 6.54 Å². The van der Waals surface area contributed by atoms with Gasteiger partial charge in [-0.3, -0.25) is 0 Å². The van der Waals surface area contributed by atoms with E-state index in [4.69, 9.17) is 4.74 Å². The lowest BCUT2D eigenvalue weighted by Gasteiger charge is -2.19. The Morgan fingerprint density at radius 3 is 2.55 bits per heavy atom. The monoisotopic (exact) mass is 337 g/mol. The van der Waals surface area contributed by atoms with Gasteiger partial charge in [-0.1, -0.05) is 0 Å². The predicted octanol–water partition coefficient (Wildman–Crippen LogP) is 5.05. The molecule has 0 saturated carbocycles. The molecule has 1 aliphatic rings. The minimum Gasteiger partial charge on any atom is -0.485 e. The van der Waals surface area contributed by atoms with Crippen LogP contribution in [0.5, 0.6) is 5.75 Å². The third kappa shape index (κ3) is 3.48. The molecule has 0 amide bonds. The lowest BCUT2D eigenvalue weighted by atomic mass is 10.0. The van der Waals surface area contributed by atoms with E-state index >= 15 is 0 Å². The highest BCUT2D eigenvalue weighted by Crippen LogP contribution is 2.35. The molecule has 0 N–H and O–H groups in total. The van der Waals surface area contributed by atoms with Crippen LogP contribution in [0, 0.1) is 20.8 Å². The fourth-order valence-electron chi connectivity index (χ4n) is 2.94. The second-order valence-electron chi connectivity index (χ2n) is 6.13. The third-order valence-electron chi connectivity index (χ3n) is 4.47. The number of fused-ring (bicyclic) bond motifs is 1. The van der Waals surface area contributed by atoms with Gasteiger partial charge in [0, 0.05) is 24.4 Å². The molecular weight excluding hydrogens is 314 g/mol. The number of hydrogen-bond donors (Lipinski definition) is 0. The number of rotatable bonds is 2. The number of hydrogen-bond acceptors (Lipinski definition) is 3. The van der Waals surface area contributed by atoms with Crippen LogP contribution in [0.1, 0.15) is 39.7 Å². The number of halogens is 1. The Labute approximate surface area is 143 Å². The van der Waals surface area contributed by atoms with Crippen molar-refractivity contribution in [1.29, 1.82) is 0 Å². The van der Waals surface area contributed by atoms with Crippen molar-refractivity contribution >= 4 is 23.7 Å². The Hall–Kier alpha value is -1.03. The molecule has 120 valence electrons. The molecule has 2 aromatic rings. The highest BCUT2D eigenvalue weighted by atomic mass is 35.5. The van der Waals surface area contributed by atoms with Gasteiger partial charge in [0.2, 0.25) is 0 Å². The van der Waals surface area contributed by atoms with Crippen LogP contribution in [-0.4, -0.2) is 18.5 Å². The van der Waals surface area contributed by atoms with Crippen molar-refractivity contribution in [2.24, 2.45) is 0 Å². The first-order valence-corrected chi connectivity index (χ1v) is 8.42. The number of nitrogens with zero attached hydrogens (tertiary/aromatic N) is 1. The van der Waals surface area contributed by atoms with Crippen molar-refractivity contribution in [3.05, 3.63) is 50.7 Å². The highest BCUT2D eigenvalue weighted by molar-refractivity contribution is 7.10. The molecule has 4 heteroatoms. The number of thiophene rings is 1. The molecule has 22 heavy (non-hydrogen) atoms. The number of aryl methyl sites for hydroxylation is 2. The topological polar surface area (TPSA) is 12.5 Å². The van der Waals surface area contributed by atoms with Gasteiger partial charge in [0.05, 0.1) is 0 Å². The Morgan fingerprint density at radius 2 is 1.86 bits per heavy atom. The average molecular weight is 338 g/mol. The maximum atomic E-state index is 6.37. The summed E-state index contributed by atoms with van der Waals surface area (Å²) in [7, 11) is 2.18. The van der Waals surface area contributed by atoms with Gasteiger partial charge < -0.3 is 9.64 Å². The summed E-state index contributed by atoms with van der Waals surface area (Å²) < 4.78 is 6.37. The Balaban J connectivity index is 0.00000176. The zero-order valence-electron chi connectivity index (χ0n) is 13.7. The second kappa shape index (κ2) is 7.03. The molecule has 0 spiro atoms. The first kappa shape index (κ1) is 17.3. The summed E-state index contributed by atoms with van der Waals surface area (Å²) >= 11 is 1.83. The van der Waals surface area contributed by atoms with Crippen LogP contribution in [0.2, 0.25) is 0 Å². The molecule has 2 nitrogen and oxygen atoms in total. The molecule has 0 bridgehead atoms. The number of benzene rings is 1. The zero-order valence-corrected chi connectivity index (χ0v) is 15.3. The van der Waals surface area contributed by atoms with E-state index in [0.717, 1.165) is 25.3 Å². The van der Waals surface area contributed by atoms with E-state index in [-0.39, 0.29) is 18.5 Å². The van der Waals surface area contributed by atoms with Crippen LogP contribution in [0.25, 0.3) is 0 Å². The summed E-state index contributed by atoms with van der Waals surface area (Å²) in [5.74, 6) is 1.00. The summed E-state index contributed by atoms with van der Waals surface area (Å²) in [4.78, 5) is 3.77. The maximum absolute atomic E-state index is 6.37. The van der Waals surface area contributed by atoms with E-state index < -0.39 is 0 Å². The van der Waals surface area contributed by atoms with Gasteiger partial charge in [0.15, 0.2) is 0 Å². The summed E-state index contributed by atoms with van der Waals surface area (Å²) in [6, 6.07) is 6.58. The molecule has 1 unspecified atom stereocenters. The van der Waals surface area contributed by atoms with E-state index in [1.807, 2.05) is 11.3 Å². The second-order valence-corrected chi connectivity index (χ2v) is 7.07. The molecule has 0 fully saturated rings. The predicted molar refractivity (Wildman–Crippen MR) is 96.5 cm³/mol. The van der Waals surface area contributed by atoms with Crippen molar-refractivity contribution in [2.75, 3.05) is 13.6 Å². The molecule has 0 radical (unpaired) electrons. The summed E-state index contributed by atoms with van der Waals surface area (Å²) in [6.07, 6.45) is 1.24. The fourth-order valence-corrected chi connectivity index (χ4v) is 3.92. The molecule has 1 atom stereocenters. The van der Waals surface area contributed by atoms with Gasteiger partial charge in [-0.05, 0) is 73.7 Å². The Bertz CT molecular complexity index is 629. The molecular formula is C18H24ClNOS. The van der Waals surface area contributed by atoms with Crippen molar-refractivity contribution in [1.82, 2.24) is 4.90 Å². The van der Waals surface area contributed by atoms with Gasteiger partial charge in [0.25, 0.3) is 0 Å². The minimum atomic E-state index is 0. The van der Waals surface area contributed by atoms with Gasteiger partial charge in [-0.25, -0.2) is 0 Å². The highest BCUT2D eigenvalue weighted by Gasteiger charge is 2.23. The number of ether oxygens (including phenoxy) is 1. The first-order valence-electron chi connectivity index (χ1n) is 7.54. The van der Waals surface area contributed by atoms with E-state index in [1.54, 1.807) is 0 Å². The van der Waals surface area contributed by atoms with Gasteiger partial charge in [-0.2, -0.15) is 0 Å². The van der Waals surface area contributed by atoms with E-state index in [2.05, 4.69) is 56.3 Å². The molecule has 0 saturated heterocycles. The quantitative estimate of drug-likeness (QED) is 0.760. The molecule has 0 aliphatic carbocycles. The average Bonchev–Trinajstić information content (AvgIpc) is 2.83. The van der Waals surface area contributed by atoms with Crippen LogP contribution in [0.4, 0.5) is 0 Å². The van der Waals surface area contributed by atoms with Gasteiger partial charge in [0.1, 0.15) is 11.9 Å². The zero-order chi connectivity index (χ0) is 15.0. The van der Waals surface area contributed by atoms with E-state index in [0.29, 0.717) is 0 Å². The Kier molecular flexibility index (Phi) is 5.54. The normalized spacial score (nSPS) is 18.3. The summed E-state index contributed by atoms with van der Waals surface area (Å²) in [5, 5.41) is 2.19. The van der Waals surface area contributed by atoms with Crippen molar-refractivity contribution in [2.45, 2.75) is 39.8 Å². The largest absolute Gasteiger partial charge is 0.485 e. The van der Waals surface area contributed by atoms with Crippen molar-refractivity contribution < 1.29 is 4.74 Å². The van der Waals surface area contributed by atoms with Crippen LogP contribution >= 0.6 is 23.7 Å². The lowest BCUT2D eigenvalue weighted by Crippen LogP contribution is -2.18. The maximum Gasteiger partial charge on any atom is 0.134 e. The Morgan fingerprint density at radius 1 is 1.18 bits per heavy atom. The van der Waals surface area contributed by atoms with E-state index in [1.165, 1.54) is 27.1 Å². The molecule has 3 rings (SSSR count). The summed E-state index contributed by atoms with van der Waals surface area (Å²) in [6.45, 7) is 8.60. The van der Waals surface area contributed by atoms with Crippen LogP contribution < -0.4 is 4.74 Å². The lowest BCUT2D eigenvalue weighted by molar-refractivity contribution is 0.185. The van der Waals surface area contributed by atoms with Crippen LogP contribution in [0.15, 0.2) is 23.6 Å². The fraction of sp³-hybridized carbons (Fsp3) is 0.444.